The zero-order valence-corrected chi connectivity index (χ0v) is 25.1. The van der Waals surface area contributed by atoms with Gasteiger partial charge in [-0.3, -0.25) is 0 Å². The summed E-state index contributed by atoms with van der Waals surface area (Å²) in [5, 5.41) is 0. The van der Waals surface area contributed by atoms with Gasteiger partial charge >= 0.3 is 208 Å². The van der Waals surface area contributed by atoms with Gasteiger partial charge in [0.2, 0.25) is 0 Å². The maximum atomic E-state index is 12.8. The second kappa shape index (κ2) is 12.5. The predicted octanol–water partition coefficient (Wildman–Crippen LogP) is 11.1. The van der Waals surface area contributed by atoms with E-state index < -0.39 is 37.9 Å². The molecule has 0 aliphatic heterocycles. The molecule has 12 heteroatoms. The van der Waals surface area contributed by atoms with E-state index in [1.54, 1.807) is 12.1 Å². The Morgan fingerprint density at radius 3 is 1.34 bits per heavy atom. The summed E-state index contributed by atoms with van der Waals surface area (Å²) in [5.74, 6) is 0. The summed E-state index contributed by atoms with van der Waals surface area (Å²) in [4.78, 5) is 0. The number of halogens is 9. The topological polar surface area (TPSA) is 0 Å². The molecule has 0 saturated heterocycles. The van der Waals surface area contributed by atoms with Gasteiger partial charge < -0.3 is 0 Å². The number of alkyl halides is 3. The van der Waals surface area contributed by atoms with Gasteiger partial charge in [-0.05, 0) is 0 Å². The van der Waals surface area contributed by atoms with Gasteiger partial charge in [-0.2, -0.15) is 0 Å². The van der Waals surface area contributed by atoms with E-state index in [1.165, 1.54) is 68.5 Å². The van der Waals surface area contributed by atoms with Crippen LogP contribution in [0, 0.1) is 0 Å². The third-order valence-electron chi connectivity index (χ3n) is 5.84. The van der Waals surface area contributed by atoms with Gasteiger partial charge in [0.05, 0.1) is 0 Å². The second-order valence-corrected chi connectivity index (χ2v) is 25.9. The number of benzene rings is 1. The first-order valence-corrected chi connectivity index (χ1v) is 22.2. The molecule has 1 rings (SSSR count). The molecule has 0 radical (unpaired) electrons. The van der Waals surface area contributed by atoms with E-state index in [9.17, 15) is 38.4 Å². The molecule has 0 aliphatic carbocycles. The van der Waals surface area contributed by atoms with Crippen LogP contribution in [0.1, 0.15) is 70.4 Å². The standard InChI is InChI=1S/C11H14F3N.3C4H9.F6P.Sn/c1-15(2,3)8-9-4-6-10(7-5-9)11(12,13)14;3*1-3-4-2;1-7(2,3,4,5)6;/h4-7H,1,8H2,2-3H3;3*1,3-4H2,2H3;;/q+1;;;;-1;. The fourth-order valence-electron chi connectivity index (χ4n) is 4.52. The number of rotatable bonds is 13. The van der Waals surface area contributed by atoms with Crippen LogP contribution in [0.2, 0.25) is 13.3 Å². The average Bonchev–Trinajstić information content (AvgIpc) is 2.65. The van der Waals surface area contributed by atoms with Gasteiger partial charge in [0, 0.05) is 0 Å². The first kappa shape index (κ1) is 34.8. The van der Waals surface area contributed by atoms with Crippen molar-refractivity contribution in [3.63, 3.8) is 0 Å². The van der Waals surface area contributed by atoms with Crippen LogP contribution in [0.15, 0.2) is 24.3 Å². The third-order valence-corrected chi connectivity index (χ3v) is 22.3. The molecule has 0 bridgehead atoms. The van der Waals surface area contributed by atoms with E-state index in [0.717, 1.165) is 16.6 Å². The van der Waals surface area contributed by atoms with Gasteiger partial charge in [-0.15, -0.1) is 0 Å². The molecule has 210 valence electrons. The van der Waals surface area contributed by atoms with Gasteiger partial charge in [0.15, 0.2) is 0 Å². The molecule has 0 saturated carbocycles. The van der Waals surface area contributed by atoms with Crippen molar-refractivity contribution in [3.05, 3.63) is 35.4 Å². The molecule has 0 fully saturated rings. The van der Waals surface area contributed by atoms with Crippen LogP contribution in [0.3, 0.4) is 0 Å². The van der Waals surface area contributed by atoms with Gasteiger partial charge in [0.25, 0.3) is 0 Å². The molecule has 0 aromatic heterocycles. The molecule has 1 aromatic rings. The zero-order chi connectivity index (χ0) is 27.7. The summed E-state index contributed by atoms with van der Waals surface area (Å²) >= 11 is -2.29. The van der Waals surface area contributed by atoms with Gasteiger partial charge in [-0.25, -0.2) is 0 Å². The van der Waals surface area contributed by atoms with Crippen LogP contribution < -0.4 is 0 Å². The Balaban J connectivity index is 0.00000143. The minimum atomic E-state index is -10.7. The molecule has 35 heavy (non-hydrogen) atoms. The summed E-state index contributed by atoms with van der Waals surface area (Å²) < 4.78 is 104. The Kier molecular flexibility index (Phi) is 12.5. The van der Waals surface area contributed by atoms with Gasteiger partial charge in [-0.1, -0.05) is 0 Å². The van der Waals surface area contributed by atoms with Crippen molar-refractivity contribution in [2.45, 2.75) is 85.3 Å². The van der Waals surface area contributed by atoms with Gasteiger partial charge in [0.1, 0.15) is 0 Å². The molecule has 1 aromatic carbocycles. The Hall–Kier alpha value is -0.221. The van der Waals surface area contributed by atoms with Crippen LogP contribution in [0.25, 0.3) is 0 Å². The Bertz CT molecular complexity index is 712. The SMILES string of the molecule is CCC[CH2][Sn]([CH2]CCC)([CH2]CCC)[CH2][N+](C)(C)Cc1ccc(C(F)(F)F)cc1.F[P-](F)(F)(F)(F)F. The Labute approximate surface area is 208 Å². The molecule has 0 N–H and O–H groups in total. The van der Waals surface area contributed by atoms with Crippen molar-refractivity contribution < 1.29 is 42.8 Å². The second-order valence-electron chi connectivity index (χ2n) is 10.2. The monoisotopic (exact) mass is 653 g/mol. The van der Waals surface area contributed by atoms with E-state index in [2.05, 4.69) is 34.9 Å². The Morgan fingerprint density at radius 2 is 1.06 bits per heavy atom. The average molecular weight is 652 g/mol. The molecule has 0 heterocycles. The zero-order valence-electron chi connectivity index (χ0n) is 21.4. The van der Waals surface area contributed by atoms with Crippen LogP contribution in [0.5, 0.6) is 0 Å². The fourth-order valence-corrected chi connectivity index (χ4v) is 23.0. The van der Waals surface area contributed by atoms with Crippen molar-refractivity contribution in [2.75, 3.05) is 18.7 Å². The number of nitrogens with zero attached hydrogens (tertiary/aromatic N) is 1. The summed E-state index contributed by atoms with van der Waals surface area (Å²) in [5.41, 5.74) is 0.462. The molecule has 0 amide bonds. The summed E-state index contributed by atoms with van der Waals surface area (Å²) in [6.07, 6.45) is 3.60. The van der Waals surface area contributed by atoms with E-state index in [4.69, 9.17) is 0 Å². The summed E-state index contributed by atoms with van der Waals surface area (Å²) in [7, 11) is -6.09. The van der Waals surface area contributed by atoms with E-state index >= 15 is 0 Å². The normalized spacial score (nSPS) is 15.1. The predicted molar refractivity (Wildman–Crippen MR) is 131 cm³/mol. The van der Waals surface area contributed by atoms with Crippen LogP contribution >= 0.6 is 7.81 Å². The first-order chi connectivity index (χ1) is 15.5. The minimum absolute atomic E-state index is 0.552. The summed E-state index contributed by atoms with van der Waals surface area (Å²) in [6.45, 7) is 7.69. The van der Waals surface area contributed by atoms with E-state index in [0.29, 0.717) is 0 Å². The molecule has 1 nitrogen and oxygen atoms in total. The van der Waals surface area contributed by atoms with Crippen molar-refractivity contribution in [1.82, 2.24) is 0 Å². The van der Waals surface area contributed by atoms with Crippen molar-refractivity contribution in [1.29, 1.82) is 0 Å². The van der Waals surface area contributed by atoms with Crippen molar-refractivity contribution >= 4 is 26.2 Å². The molecular formula is C23H41F9NPSn. The van der Waals surface area contributed by atoms with Crippen LogP contribution in [0.4, 0.5) is 38.4 Å². The first-order valence-electron chi connectivity index (χ1n) is 12.1. The van der Waals surface area contributed by atoms with Crippen LogP contribution in [-0.2, 0) is 12.7 Å². The van der Waals surface area contributed by atoms with Crippen molar-refractivity contribution in [2.24, 2.45) is 0 Å². The number of unbranched alkanes of at least 4 members (excludes halogenated alkanes) is 3. The molecule has 0 aliphatic rings. The summed E-state index contributed by atoms with van der Waals surface area (Å²) in [6, 6.07) is 5.81. The number of hydrogen-bond acceptors (Lipinski definition) is 0. The quantitative estimate of drug-likeness (QED) is 0.0861. The van der Waals surface area contributed by atoms with E-state index in [-0.39, 0.29) is 0 Å². The Morgan fingerprint density at radius 1 is 0.714 bits per heavy atom. The number of quaternary nitrogens is 1. The van der Waals surface area contributed by atoms with Crippen molar-refractivity contribution in [3.8, 4) is 0 Å². The third kappa shape index (κ3) is 19.5. The maximum absolute atomic E-state index is 12.8. The van der Waals surface area contributed by atoms with Crippen LogP contribution in [-0.4, -0.2) is 41.5 Å². The molecule has 0 spiro atoms. The molecular weight excluding hydrogens is 611 g/mol. The van der Waals surface area contributed by atoms with E-state index in [1.807, 2.05) is 0 Å². The number of hydrogen-bond donors (Lipinski definition) is 0. The molecule has 0 unspecified atom stereocenters. The fraction of sp³-hybridized carbons (Fsp3) is 0.739. The molecule has 0 atom stereocenters.